The van der Waals surface area contributed by atoms with Crippen molar-refractivity contribution in [2.75, 3.05) is 0 Å². The molecule has 0 unspecified atom stereocenters. The minimum atomic E-state index is 0.164. The molecule has 0 heterocycles. The third-order valence-electron chi connectivity index (χ3n) is 3.53. The molecule has 3 N–H and O–H groups in total. The van der Waals surface area contributed by atoms with Crippen molar-refractivity contribution in [2.45, 2.75) is 50.6 Å². The van der Waals surface area contributed by atoms with Crippen LogP contribution in [0.4, 0.5) is 0 Å². The van der Waals surface area contributed by atoms with E-state index < -0.39 is 0 Å². The molecule has 1 saturated carbocycles. The van der Waals surface area contributed by atoms with Crippen LogP contribution < -0.4 is 11.1 Å². The highest BCUT2D eigenvalue weighted by Gasteiger charge is 2.26. The fourth-order valence-corrected chi connectivity index (χ4v) is 2.47. The van der Waals surface area contributed by atoms with Crippen LogP contribution in [0.1, 0.15) is 38.5 Å². The Bertz CT molecular complexity index is 254. The van der Waals surface area contributed by atoms with E-state index in [9.17, 15) is 4.79 Å². The lowest BCUT2D eigenvalue weighted by Gasteiger charge is -2.30. The molecule has 2 atom stereocenters. The summed E-state index contributed by atoms with van der Waals surface area (Å²) in [6.45, 7) is 0. The second-order valence-corrected chi connectivity index (χ2v) is 4.70. The largest absolute Gasteiger partial charge is 0.352 e. The summed E-state index contributed by atoms with van der Waals surface area (Å²) in [4.78, 5) is 11.9. The summed E-state index contributed by atoms with van der Waals surface area (Å²) in [7, 11) is 0. The number of carbonyl (C=O) groups is 1. The summed E-state index contributed by atoms with van der Waals surface area (Å²) in [6.07, 6.45) is 10.5. The van der Waals surface area contributed by atoms with E-state index in [4.69, 9.17) is 5.73 Å². The average molecular weight is 208 g/mol. The van der Waals surface area contributed by atoms with Gasteiger partial charge in [-0.1, -0.05) is 25.0 Å². The molecule has 3 heteroatoms. The Hall–Kier alpha value is -0.830. The van der Waals surface area contributed by atoms with Crippen molar-refractivity contribution in [3.8, 4) is 0 Å². The number of hydrogen-bond donors (Lipinski definition) is 2. The minimum absolute atomic E-state index is 0.164. The molecule has 0 bridgehead atoms. The van der Waals surface area contributed by atoms with Crippen molar-refractivity contribution >= 4 is 5.91 Å². The maximum Gasteiger partial charge on any atom is 0.224 e. The zero-order chi connectivity index (χ0) is 10.7. The van der Waals surface area contributed by atoms with Crippen LogP contribution in [0.25, 0.3) is 0 Å². The van der Waals surface area contributed by atoms with E-state index >= 15 is 0 Å². The van der Waals surface area contributed by atoms with Gasteiger partial charge in [-0.25, -0.2) is 0 Å². The number of carbonyl (C=O) groups excluding carboxylic acids is 1. The van der Waals surface area contributed by atoms with Gasteiger partial charge < -0.3 is 11.1 Å². The van der Waals surface area contributed by atoms with Gasteiger partial charge in [-0.05, 0) is 25.7 Å². The number of amides is 1. The predicted octanol–water partition coefficient (Wildman–Crippen LogP) is 1.34. The molecule has 2 rings (SSSR count). The van der Waals surface area contributed by atoms with Crippen LogP contribution in [0.5, 0.6) is 0 Å². The highest BCUT2D eigenvalue weighted by Crippen LogP contribution is 2.21. The van der Waals surface area contributed by atoms with Crippen molar-refractivity contribution in [1.82, 2.24) is 5.32 Å². The van der Waals surface area contributed by atoms with Crippen LogP contribution in [0.15, 0.2) is 12.2 Å². The summed E-state index contributed by atoms with van der Waals surface area (Å²) >= 11 is 0. The Morgan fingerprint density at radius 2 is 1.87 bits per heavy atom. The number of allylic oxidation sites excluding steroid dienone is 2. The first-order valence-electron chi connectivity index (χ1n) is 5.98. The maximum absolute atomic E-state index is 11.9. The molecule has 0 aromatic heterocycles. The van der Waals surface area contributed by atoms with Crippen LogP contribution in [0, 0.1) is 5.92 Å². The van der Waals surface area contributed by atoms with Gasteiger partial charge in [0.1, 0.15) is 0 Å². The molecule has 2 aliphatic rings. The van der Waals surface area contributed by atoms with Gasteiger partial charge in [-0.3, -0.25) is 4.79 Å². The quantitative estimate of drug-likeness (QED) is 0.673. The van der Waals surface area contributed by atoms with Gasteiger partial charge in [0, 0.05) is 18.0 Å². The topological polar surface area (TPSA) is 55.1 Å². The summed E-state index contributed by atoms with van der Waals surface area (Å²) in [5, 5.41) is 3.11. The zero-order valence-electron chi connectivity index (χ0n) is 9.11. The van der Waals surface area contributed by atoms with Crippen molar-refractivity contribution in [1.29, 1.82) is 0 Å². The molecule has 0 spiro atoms. The number of nitrogens with two attached hydrogens (primary N) is 1. The van der Waals surface area contributed by atoms with E-state index in [1.165, 1.54) is 12.8 Å². The van der Waals surface area contributed by atoms with E-state index in [0.29, 0.717) is 0 Å². The number of rotatable bonds is 2. The van der Waals surface area contributed by atoms with Crippen molar-refractivity contribution in [3.63, 3.8) is 0 Å². The standard InChI is InChI=1S/C12H20N2O/c13-10-7-3-4-8-11(10)14-12(15)9-5-1-2-6-9/h1-2,9-11H,3-8,13H2,(H,14,15)/t10-,11-/m1/s1. The molecule has 0 radical (unpaired) electrons. The average Bonchev–Trinajstić information content (AvgIpc) is 2.74. The Morgan fingerprint density at radius 1 is 1.20 bits per heavy atom. The molecular weight excluding hydrogens is 188 g/mol. The van der Waals surface area contributed by atoms with Gasteiger partial charge in [0.05, 0.1) is 0 Å². The molecule has 84 valence electrons. The molecule has 3 nitrogen and oxygen atoms in total. The fourth-order valence-electron chi connectivity index (χ4n) is 2.47. The smallest absolute Gasteiger partial charge is 0.224 e. The summed E-state index contributed by atoms with van der Waals surface area (Å²) in [5.74, 6) is 0.362. The Kier molecular flexibility index (Phi) is 3.41. The molecule has 0 aromatic carbocycles. The lowest BCUT2D eigenvalue weighted by atomic mass is 9.90. The van der Waals surface area contributed by atoms with Crippen molar-refractivity contribution in [3.05, 3.63) is 12.2 Å². The lowest BCUT2D eigenvalue weighted by Crippen LogP contribution is -2.50. The molecule has 2 aliphatic carbocycles. The Morgan fingerprint density at radius 3 is 2.53 bits per heavy atom. The summed E-state index contributed by atoms with van der Waals surface area (Å²) in [5.41, 5.74) is 6.00. The first-order chi connectivity index (χ1) is 7.27. The van der Waals surface area contributed by atoms with E-state index in [2.05, 4.69) is 17.5 Å². The van der Waals surface area contributed by atoms with Crippen molar-refractivity contribution < 1.29 is 4.79 Å². The monoisotopic (exact) mass is 208 g/mol. The minimum Gasteiger partial charge on any atom is -0.352 e. The van der Waals surface area contributed by atoms with Gasteiger partial charge in [0.2, 0.25) is 5.91 Å². The number of nitrogens with one attached hydrogen (secondary N) is 1. The number of hydrogen-bond acceptors (Lipinski definition) is 2. The van der Waals surface area contributed by atoms with E-state index in [-0.39, 0.29) is 23.9 Å². The third kappa shape index (κ3) is 2.59. The third-order valence-corrected chi connectivity index (χ3v) is 3.53. The first kappa shape index (κ1) is 10.7. The molecule has 1 amide bonds. The molecule has 15 heavy (non-hydrogen) atoms. The van der Waals surface area contributed by atoms with Crippen LogP contribution in [0.3, 0.4) is 0 Å². The van der Waals surface area contributed by atoms with E-state index in [1.807, 2.05) is 0 Å². The summed E-state index contributed by atoms with van der Waals surface area (Å²) < 4.78 is 0. The highest BCUT2D eigenvalue weighted by atomic mass is 16.1. The normalized spacial score (nSPS) is 31.8. The van der Waals surface area contributed by atoms with E-state index in [1.54, 1.807) is 0 Å². The predicted molar refractivity (Wildman–Crippen MR) is 60.2 cm³/mol. The molecule has 1 fully saturated rings. The Labute approximate surface area is 91.1 Å². The van der Waals surface area contributed by atoms with Gasteiger partial charge in [0.15, 0.2) is 0 Å². The van der Waals surface area contributed by atoms with Crippen LogP contribution in [0.2, 0.25) is 0 Å². The SMILES string of the molecule is N[C@@H]1CCCC[C@H]1NC(=O)C1CC=CC1. The van der Waals surface area contributed by atoms with Crippen molar-refractivity contribution in [2.24, 2.45) is 11.7 Å². The van der Waals surface area contributed by atoms with Gasteiger partial charge >= 0.3 is 0 Å². The molecule has 0 aromatic rings. The van der Waals surface area contributed by atoms with Gasteiger partial charge in [-0.2, -0.15) is 0 Å². The molecule has 0 aliphatic heterocycles. The van der Waals surface area contributed by atoms with Crippen LogP contribution >= 0.6 is 0 Å². The lowest BCUT2D eigenvalue weighted by molar-refractivity contribution is -0.125. The van der Waals surface area contributed by atoms with Crippen LogP contribution in [-0.4, -0.2) is 18.0 Å². The van der Waals surface area contributed by atoms with Gasteiger partial charge in [-0.15, -0.1) is 0 Å². The maximum atomic E-state index is 11.9. The fraction of sp³-hybridized carbons (Fsp3) is 0.750. The zero-order valence-corrected chi connectivity index (χ0v) is 9.11. The van der Waals surface area contributed by atoms with Gasteiger partial charge in [0.25, 0.3) is 0 Å². The Balaban J connectivity index is 1.82. The first-order valence-corrected chi connectivity index (χ1v) is 5.98. The second kappa shape index (κ2) is 4.79. The summed E-state index contributed by atoms with van der Waals surface area (Å²) in [6, 6.07) is 0.379. The highest BCUT2D eigenvalue weighted by molar-refractivity contribution is 5.79. The molecular formula is C12H20N2O. The van der Waals surface area contributed by atoms with Crippen LogP contribution in [-0.2, 0) is 4.79 Å². The second-order valence-electron chi connectivity index (χ2n) is 4.70. The van der Waals surface area contributed by atoms with E-state index in [0.717, 1.165) is 25.7 Å². The molecule has 0 saturated heterocycles.